The molecule has 2 heterocycles. The number of benzene rings is 2. The van der Waals surface area contributed by atoms with Crippen molar-refractivity contribution in [3.8, 4) is 22.6 Å². The molecule has 0 radical (unpaired) electrons. The van der Waals surface area contributed by atoms with E-state index in [1.807, 2.05) is 12.1 Å². The topological polar surface area (TPSA) is 134 Å². The van der Waals surface area contributed by atoms with Gasteiger partial charge in [-0.3, -0.25) is 10.3 Å². The third-order valence-corrected chi connectivity index (χ3v) is 5.70. The summed E-state index contributed by atoms with van der Waals surface area (Å²) in [6.45, 7) is 8.29. The van der Waals surface area contributed by atoms with Crippen LogP contribution in [-0.4, -0.2) is 48.6 Å². The Balaban J connectivity index is 1.80. The van der Waals surface area contributed by atoms with Crippen LogP contribution < -0.4 is 20.1 Å². The Morgan fingerprint density at radius 1 is 0.975 bits per heavy atom. The fourth-order valence-corrected chi connectivity index (χ4v) is 4.15. The number of fused-ring (bicyclic) bond motifs is 1. The SMILES string of the molecule is COc1c(NC=C2C(=O)OC(C)(C)OC2=O)cc(OC)c2c(-c3ccccc3NC(=O)OC(C)(C)C)ccnc12. The predicted octanol–water partition coefficient (Wildman–Crippen LogP) is 5.40. The second-order valence-corrected chi connectivity index (χ2v) is 10.3. The maximum atomic E-state index is 12.6. The molecule has 11 heteroatoms. The standard InChI is InChI=1S/C29H31N3O8/c1-28(2,3)40-27(35)32-19-11-9-8-10-16(19)17-12-13-30-23-22(17)21(36-6)14-20(24(23)37-7)31-15-18-25(33)38-29(4,5)39-26(18)34/h8-15,31H,1-7H3,(H,32,35). The Morgan fingerprint density at radius 2 is 1.65 bits per heavy atom. The van der Waals surface area contributed by atoms with Crippen LogP contribution in [0.25, 0.3) is 22.0 Å². The molecule has 1 aliphatic heterocycles. The van der Waals surface area contributed by atoms with Crippen molar-refractivity contribution < 1.29 is 38.1 Å². The lowest BCUT2D eigenvalue weighted by molar-refractivity contribution is -0.222. The van der Waals surface area contributed by atoms with Gasteiger partial charge in [-0.1, -0.05) is 18.2 Å². The molecule has 1 aromatic heterocycles. The summed E-state index contributed by atoms with van der Waals surface area (Å²) in [7, 11) is 2.97. The summed E-state index contributed by atoms with van der Waals surface area (Å²) in [5, 5.41) is 6.35. The molecule has 3 aromatic rings. The second-order valence-electron chi connectivity index (χ2n) is 10.3. The number of esters is 2. The molecule has 1 saturated heterocycles. The van der Waals surface area contributed by atoms with Crippen molar-refractivity contribution in [3.63, 3.8) is 0 Å². The van der Waals surface area contributed by atoms with E-state index >= 15 is 0 Å². The van der Waals surface area contributed by atoms with Gasteiger partial charge in [-0.2, -0.15) is 0 Å². The molecule has 1 aliphatic rings. The minimum absolute atomic E-state index is 0.315. The number of pyridine rings is 1. The number of methoxy groups -OCH3 is 2. The molecule has 2 N–H and O–H groups in total. The number of nitrogens with zero attached hydrogens (tertiary/aromatic N) is 1. The highest BCUT2D eigenvalue weighted by Gasteiger charge is 2.39. The zero-order valence-electron chi connectivity index (χ0n) is 23.3. The van der Waals surface area contributed by atoms with Crippen LogP contribution in [0.15, 0.2) is 54.4 Å². The van der Waals surface area contributed by atoms with E-state index in [0.29, 0.717) is 44.9 Å². The van der Waals surface area contributed by atoms with Crippen molar-refractivity contribution in [1.29, 1.82) is 0 Å². The Hall–Kier alpha value is -4.80. The minimum Gasteiger partial charge on any atom is -0.496 e. The smallest absolute Gasteiger partial charge is 0.412 e. The number of carbonyl (C=O) groups excluding carboxylic acids is 3. The number of cyclic esters (lactones) is 2. The van der Waals surface area contributed by atoms with Gasteiger partial charge in [0.05, 0.1) is 31.0 Å². The summed E-state index contributed by atoms with van der Waals surface area (Å²) in [5.74, 6) is -2.26. The highest BCUT2D eigenvalue weighted by Crippen LogP contribution is 2.44. The normalized spacial score (nSPS) is 14.6. The first-order valence-corrected chi connectivity index (χ1v) is 12.4. The van der Waals surface area contributed by atoms with Gasteiger partial charge in [-0.25, -0.2) is 14.4 Å². The molecule has 0 saturated carbocycles. The first kappa shape index (κ1) is 28.2. The van der Waals surface area contributed by atoms with Crippen LogP contribution >= 0.6 is 0 Å². The number of carbonyl (C=O) groups is 3. The van der Waals surface area contributed by atoms with Crippen LogP contribution in [0.2, 0.25) is 0 Å². The summed E-state index contributed by atoms with van der Waals surface area (Å²) >= 11 is 0. The van der Waals surface area contributed by atoms with Gasteiger partial charge in [0.2, 0.25) is 0 Å². The molecule has 0 unspecified atom stereocenters. The molecular formula is C29H31N3O8. The first-order chi connectivity index (χ1) is 18.8. The van der Waals surface area contributed by atoms with Crippen molar-refractivity contribution in [2.75, 3.05) is 24.9 Å². The molecule has 1 fully saturated rings. The fraction of sp³-hybridized carbons (Fsp3) is 0.310. The lowest BCUT2D eigenvalue weighted by atomic mass is 9.98. The van der Waals surface area contributed by atoms with Crippen LogP contribution in [0.3, 0.4) is 0 Å². The highest BCUT2D eigenvalue weighted by molar-refractivity contribution is 6.15. The van der Waals surface area contributed by atoms with Gasteiger partial charge in [-0.15, -0.1) is 0 Å². The quantitative estimate of drug-likeness (QED) is 0.234. The van der Waals surface area contributed by atoms with Gasteiger partial charge in [0, 0.05) is 37.9 Å². The monoisotopic (exact) mass is 549 g/mol. The fourth-order valence-electron chi connectivity index (χ4n) is 4.15. The number of ether oxygens (including phenoxy) is 5. The summed E-state index contributed by atoms with van der Waals surface area (Å²) < 4.78 is 27.2. The summed E-state index contributed by atoms with van der Waals surface area (Å²) in [6, 6.07) is 10.7. The van der Waals surface area contributed by atoms with Crippen LogP contribution in [0.4, 0.5) is 16.2 Å². The Labute approximate surface area is 231 Å². The van der Waals surface area contributed by atoms with E-state index in [0.717, 1.165) is 0 Å². The van der Waals surface area contributed by atoms with E-state index < -0.39 is 29.4 Å². The molecule has 210 valence electrons. The van der Waals surface area contributed by atoms with Crippen molar-refractivity contribution in [3.05, 3.63) is 54.4 Å². The maximum absolute atomic E-state index is 12.6. The van der Waals surface area contributed by atoms with E-state index in [1.54, 1.807) is 51.2 Å². The Kier molecular flexibility index (Phi) is 7.59. The molecular weight excluding hydrogens is 518 g/mol. The average Bonchev–Trinajstić information content (AvgIpc) is 2.85. The Bertz CT molecular complexity index is 1500. The molecule has 40 heavy (non-hydrogen) atoms. The summed E-state index contributed by atoms with van der Waals surface area (Å²) in [6.07, 6.45) is 2.20. The summed E-state index contributed by atoms with van der Waals surface area (Å²) in [5.41, 5.74) is 1.74. The molecule has 0 aliphatic carbocycles. The average molecular weight is 550 g/mol. The van der Waals surface area contributed by atoms with Gasteiger partial charge in [-0.05, 0) is 38.5 Å². The first-order valence-electron chi connectivity index (χ1n) is 12.4. The van der Waals surface area contributed by atoms with Crippen LogP contribution in [0.5, 0.6) is 11.5 Å². The van der Waals surface area contributed by atoms with Crippen LogP contribution in [0.1, 0.15) is 34.6 Å². The number of aromatic nitrogens is 1. The van der Waals surface area contributed by atoms with Crippen molar-refractivity contribution in [2.45, 2.75) is 46.0 Å². The summed E-state index contributed by atoms with van der Waals surface area (Å²) in [4.78, 5) is 41.8. The molecule has 4 rings (SSSR count). The zero-order valence-corrected chi connectivity index (χ0v) is 23.3. The molecule has 0 atom stereocenters. The number of para-hydroxylation sites is 1. The number of anilines is 2. The number of amides is 1. The predicted molar refractivity (Wildman–Crippen MR) is 148 cm³/mol. The highest BCUT2D eigenvalue weighted by atomic mass is 16.7. The number of nitrogens with one attached hydrogen (secondary N) is 2. The third kappa shape index (κ3) is 5.93. The molecule has 0 bridgehead atoms. The largest absolute Gasteiger partial charge is 0.496 e. The lowest BCUT2D eigenvalue weighted by Gasteiger charge is -2.29. The minimum atomic E-state index is -1.36. The second kappa shape index (κ2) is 10.8. The molecule has 0 spiro atoms. The van der Waals surface area contributed by atoms with E-state index in [-0.39, 0.29) is 5.57 Å². The maximum Gasteiger partial charge on any atom is 0.412 e. The van der Waals surface area contributed by atoms with Crippen molar-refractivity contribution in [1.82, 2.24) is 4.98 Å². The number of hydrogen-bond acceptors (Lipinski definition) is 10. The van der Waals surface area contributed by atoms with Crippen molar-refractivity contribution >= 4 is 40.3 Å². The van der Waals surface area contributed by atoms with Crippen LogP contribution in [-0.2, 0) is 23.8 Å². The third-order valence-electron chi connectivity index (χ3n) is 5.70. The Morgan fingerprint density at radius 3 is 2.27 bits per heavy atom. The molecule has 1 amide bonds. The van der Waals surface area contributed by atoms with E-state index in [4.69, 9.17) is 23.7 Å². The van der Waals surface area contributed by atoms with Crippen molar-refractivity contribution in [2.24, 2.45) is 0 Å². The molecule has 11 nitrogen and oxygen atoms in total. The van der Waals surface area contributed by atoms with E-state index in [2.05, 4.69) is 15.6 Å². The van der Waals surface area contributed by atoms with Gasteiger partial charge in [0.1, 0.15) is 16.9 Å². The van der Waals surface area contributed by atoms with Gasteiger partial charge < -0.3 is 29.0 Å². The zero-order chi connectivity index (χ0) is 29.2. The van der Waals surface area contributed by atoms with Gasteiger partial charge >= 0.3 is 18.0 Å². The lowest BCUT2D eigenvalue weighted by Crippen LogP contribution is -2.42. The van der Waals surface area contributed by atoms with E-state index in [1.165, 1.54) is 34.3 Å². The van der Waals surface area contributed by atoms with Gasteiger partial charge in [0.25, 0.3) is 5.79 Å². The van der Waals surface area contributed by atoms with Gasteiger partial charge in [0.15, 0.2) is 11.3 Å². The molecule has 2 aromatic carbocycles. The van der Waals surface area contributed by atoms with E-state index in [9.17, 15) is 14.4 Å². The van der Waals surface area contributed by atoms with Crippen LogP contribution in [0, 0.1) is 0 Å². The number of rotatable bonds is 6. The number of hydrogen-bond donors (Lipinski definition) is 2.